The van der Waals surface area contributed by atoms with Crippen LogP contribution in [0.3, 0.4) is 0 Å². The lowest BCUT2D eigenvalue weighted by Crippen LogP contribution is -2.15. The van der Waals surface area contributed by atoms with Gasteiger partial charge in [0.15, 0.2) is 0 Å². The average molecular weight is 363 g/mol. The Kier molecular flexibility index (Phi) is 4.24. The van der Waals surface area contributed by atoms with E-state index in [0.717, 1.165) is 28.7 Å². The van der Waals surface area contributed by atoms with E-state index in [0.29, 0.717) is 17.7 Å². The van der Waals surface area contributed by atoms with E-state index in [-0.39, 0.29) is 6.54 Å². The molecular weight excluding hydrogens is 348 g/mol. The van der Waals surface area contributed by atoms with E-state index < -0.39 is 5.97 Å². The molecule has 1 heterocycles. The number of hydrogen-bond acceptors (Lipinski definition) is 5. The number of halogens is 1. The fourth-order valence-electron chi connectivity index (χ4n) is 2.05. The molecule has 1 aromatic heterocycles. The normalized spacial score (nSPS) is 13.7. The standard InChI is InChI=1S/C15H15BrN4O2/c16-10-3-1-2-4-11(10)18-13-7-12(9-5-6-9)19-15(20-13)17-8-14(21)22/h1-4,7,9H,5-6,8H2,(H,21,22)(H2,17,18,19,20). The first-order valence-corrected chi connectivity index (χ1v) is 7.77. The Hall–Kier alpha value is -2.15. The summed E-state index contributed by atoms with van der Waals surface area (Å²) in [6.07, 6.45) is 2.23. The van der Waals surface area contributed by atoms with E-state index in [9.17, 15) is 4.79 Å². The number of nitrogens with one attached hydrogen (secondary N) is 2. The van der Waals surface area contributed by atoms with Crippen LogP contribution < -0.4 is 10.6 Å². The molecule has 0 bridgehead atoms. The summed E-state index contributed by atoms with van der Waals surface area (Å²) < 4.78 is 0.932. The molecule has 2 aromatic rings. The Morgan fingerprint density at radius 3 is 2.77 bits per heavy atom. The van der Waals surface area contributed by atoms with E-state index in [1.54, 1.807) is 0 Å². The maximum atomic E-state index is 10.7. The predicted octanol–water partition coefficient (Wildman–Crippen LogP) is 3.36. The molecule has 1 aliphatic carbocycles. The quantitative estimate of drug-likeness (QED) is 0.730. The summed E-state index contributed by atoms with van der Waals surface area (Å²) in [7, 11) is 0. The highest BCUT2D eigenvalue weighted by atomic mass is 79.9. The predicted molar refractivity (Wildman–Crippen MR) is 87.6 cm³/mol. The molecule has 3 rings (SSSR count). The maximum absolute atomic E-state index is 10.7. The third-order valence-corrected chi connectivity index (χ3v) is 3.97. The molecular formula is C15H15BrN4O2. The van der Waals surface area contributed by atoms with Crippen molar-refractivity contribution in [3.8, 4) is 0 Å². The van der Waals surface area contributed by atoms with Gasteiger partial charge in [-0.15, -0.1) is 0 Å². The number of carboxylic acids is 1. The van der Waals surface area contributed by atoms with Gasteiger partial charge in [0.1, 0.15) is 12.4 Å². The number of carbonyl (C=O) groups is 1. The van der Waals surface area contributed by atoms with Gasteiger partial charge in [0.05, 0.1) is 11.4 Å². The molecule has 0 unspecified atom stereocenters. The number of benzene rings is 1. The van der Waals surface area contributed by atoms with Crippen LogP contribution in [-0.2, 0) is 4.79 Å². The van der Waals surface area contributed by atoms with Gasteiger partial charge in [-0.25, -0.2) is 4.98 Å². The molecule has 3 N–H and O–H groups in total. The zero-order valence-corrected chi connectivity index (χ0v) is 13.3. The van der Waals surface area contributed by atoms with Crippen molar-refractivity contribution in [3.63, 3.8) is 0 Å². The molecule has 1 aliphatic rings. The van der Waals surface area contributed by atoms with Crippen molar-refractivity contribution in [1.82, 2.24) is 9.97 Å². The van der Waals surface area contributed by atoms with Crippen molar-refractivity contribution in [2.75, 3.05) is 17.2 Å². The molecule has 0 aliphatic heterocycles. The molecule has 1 aromatic carbocycles. The van der Waals surface area contributed by atoms with Crippen LogP contribution in [0.5, 0.6) is 0 Å². The van der Waals surface area contributed by atoms with Gasteiger partial charge in [0.2, 0.25) is 5.95 Å². The van der Waals surface area contributed by atoms with E-state index >= 15 is 0 Å². The summed E-state index contributed by atoms with van der Waals surface area (Å²) in [6.45, 7) is -0.206. The summed E-state index contributed by atoms with van der Waals surface area (Å²) in [5.41, 5.74) is 1.84. The van der Waals surface area contributed by atoms with Gasteiger partial charge >= 0.3 is 5.97 Å². The van der Waals surface area contributed by atoms with Crippen LogP contribution in [0.25, 0.3) is 0 Å². The first-order valence-electron chi connectivity index (χ1n) is 6.98. The van der Waals surface area contributed by atoms with Crippen molar-refractivity contribution in [2.45, 2.75) is 18.8 Å². The first kappa shape index (κ1) is 14.8. The highest BCUT2D eigenvalue weighted by molar-refractivity contribution is 9.10. The van der Waals surface area contributed by atoms with Crippen LogP contribution >= 0.6 is 15.9 Å². The van der Waals surface area contributed by atoms with Gasteiger partial charge in [-0.3, -0.25) is 4.79 Å². The summed E-state index contributed by atoms with van der Waals surface area (Å²) in [4.78, 5) is 19.4. The molecule has 6 nitrogen and oxygen atoms in total. The number of rotatable bonds is 6. The van der Waals surface area contributed by atoms with Crippen LogP contribution in [0.15, 0.2) is 34.8 Å². The van der Waals surface area contributed by atoms with Crippen molar-refractivity contribution in [1.29, 1.82) is 0 Å². The Balaban J connectivity index is 1.85. The lowest BCUT2D eigenvalue weighted by atomic mass is 10.2. The molecule has 1 saturated carbocycles. The molecule has 1 fully saturated rings. The Morgan fingerprint density at radius 2 is 2.09 bits per heavy atom. The van der Waals surface area contributed by atoms with Gasteiger partial charge in [-0.1, -0.05) is 12.1 Å². The molecule has 114 valence electrons. The van der Waals surface area contributed by atoms with Crippen LogP contribution in [-0.4, -0.2) is 27.6 Å². The van der Waals surface area contributed by atoms with Crippen molar-refractivity contribution < 1.29 is 9.90 Å². The average Bonchev–Trinajstić information content (AvgIpc) is 3.32. The fourth-order valence-corrected chi connectivity index (χ4v) is 2.44. The lowest BCUT2D eigenvalue weighted by Gasteiger charge is -2.11. The van der Waals surface area contributed by atoms with Gasteiger partial charge in [0.25, 0.3) is 0 Å². The third kappa shape index (κ3) is 3.73. The van der Waals surface area contributed by atoms with Crippen LogP contribution in [0.1, 0.15) is 24.5 Å². The maximum Gasteiger partial charge on any atom is 0.322 e. The summed E-state index contributed by atoms with van der Waals surface area (Å²) >= 11 is 3.48. The minimum absolute atomic E-state index is 0.206. The Morgan fingerprint density at radius 1 is 1.32 bits per heavy atom. The molecule has 0 spiro atoms. The van der Waals surface area contributed by atoms with Gasteiger partial charge in [-0.2, -0.15) is 4.98 Å². The molecule has 0 amide bonds. The summed E-state index contributed by atoms with van der Waals surface area (Å²) in [5, 5.41) is 14.7. The minimum Gasteiger partial charge on any atom is -0.480 e. The van der Waals surface area contributed by atoms with Gasteiger partial charge < -0.3 is 15.7 Å². The zero-order valence-electron chi connectivity index (χ0n) is 11.7. The van der Waals surface area contributed by atoms with Crippen molar-refractivity contribution in [2.24, 2.45) is 0 Å². The van der Waals surface area contributed by atoms with E-state index in [1.165, 1.54) is 0 Å². The number of carboxylic acid groups (broad SMARTS) is 1. The number of aromatic nitrogens is 2. The van der Waals surface area contributed by atoms with Crippen molar-refractivity contribution in [3.05, 3.63) is 40.5 Å². The second-order valence-corrected chi connectivity index (χ2v) is 5.98. The number of para-hydroxylation sites is 1. The number of nitrogens with zero attached hydrogens (tertiary/aromatic N) is 2. The van der Waals surface area contributed by atoms with Crippen LogP contribution in [0, 0.1) is 0 Å². The lowest BCUT2D eigenvalue weighted by molar-refractivity contribution is -0.134. The van der Waals surface area contributed by atoms with E-state index in [1.807, 2.05) is 30.3 Å². The summed E-state index contributed by atoms with van der Waals surface area (Å²) in [6, 6.07) is 9.66. The van der Waals surface area contributed by atoms with Crippen LogP contribution in [0.2, 0.25) is 0 Å². The summed E-state index contributed by atoms with van der Waals surface area (Å²) in [5.74, 6) is 0.493. The Labute approximate surface area is 136 Å². The first-order chi connectivity index (χ1) is 10.6. The minimum atomic E-state index is -0.944. The highest BCUT2D eigenvalue weighted by Gasteiger charge is 2.26. The molecule has 0 saturated heterocycles. The fraction of sp³-hybridized carbons (Fsp3) is 0.267. The molecule has 22 heavy (non-hydrogen) atoms. The zero-order chi connectivity index (χ0) is 15.5. The third-order valence-electron chi connectivity index (χ3n) is 3.28. The van der Waals surface area contributed by atoms with Crippen molar-refractivity contribution >= 4 is 39.4 Å². The number of anilines is 3. The smallest absolute Gasteiger partial charge is 0.322 e. The second kappa shape index (κ2) is 6.31. The monoisotopic (exact) mass is 362 g/mol. The van der Waals surface area contributed by atoms with Gasteiger partial charge in [-0.05, 0) is 40.9 Å². The molecule has 0 atom stereocenters. The largest absolute Gasteiger partial charge is 0.480 e. The molecule has 7 heteroatoms. The van der Waals surface area contributed by atoms with E-state index in [4.69, 9.17) is 5.11 Å². The van der Waals surface area contributed by atoms with Crippen LogP contribution in [0.4, 0.5) is 17.5 Å². The second-order valence-electron chi connectivity index (χ2n) is 5.13. The topological polar surface area (TPSA) is 87.1 Å². The molecule has 0 radical (unpaired) electrons. The number of aliphatic carboxylic acids is 1. The number of hydrogen-bond donors (Lipinski definition) is 3. The Bertz CT molecular complexity index is 704. The highest BCUT2D eigenvalue weighted by Crippen LogP contribution is 2.40. The van der Waals surface area contributed by atoms with E-state index in [2.05, 4.69) is 36.5 Å². The SMILES string of the molecule is O=C(O)CNc1nc(Nc2ccccc2Br)cc(C2CC2)n1. The van der Waals surface area contributed by atoms with Gasteiger partial charge in [0, 0.05) is 16.5 Å².